The molecule has 0 bridgehead atoms. The van der Waals surface area contributed by atoms with Gasteiger partial charge in [0.05, 0.1) is 11.4 Å². The zero-order valence-electron chi connectivity index (χ0n) is 15.9. The van der Waals surface area contributed by atoms with E-state index < -0.39 is 10.0 Å². The van der Waals surface area contributed by atoms with Gasteiger partial charge in [-0.15, -0.1) is 0 Å². The van der Waals surface area contributed by atoms with Crippen LogP contribution in [-0.2, 0) is 16.6 Å². The van der Waals surface area contributed by atoms with Crippen LogP contribution in [0.3, 0.4) is 0 Å². The van der Waals surface area contributed by atoms with Crippen molar-refractivity contribution < 1.29 is 8.42 Å². The molecule has 0 saturated carbocycles. The molecule has 0 atom stereocenters. The van der Waals surface area contributed by atoms with Crippen molar-refractivity contribution in [3.05, 3.63) is 60.0 Å². The first kappa shape index (κ1) is 18.8. The number of nitrogens with one attached hydrogen (secondary N) is 1. The summed E-state index contributed by atoms with van der Waals surface area (Å²) in [5.74, 6) is 1.37. The molecule has 1 aliphatic rings. The van der Waals surface area contributed by atoms with E-state index in [1.807, 2.05) is 43.3 Å². The Bertz CT molecular complexity index is 1090. The summed E-state index contributed by atoms with van der Waals surface area (Å²) in [4.78, 5) is 11.5. The predicted molar refractivity (Wildman–Crippen MR) is 111 cm³/mol. The van der Waals surface area contributed by atoms with E-state index in [0.29, 0.717) is 5.82 Å². The lowest BCUT2D eigenvalue weighted by Crippen LogP contribution is -2.31. The Morgan fingerprint density at radius 3 is 2.50 bits per heavy atom. The van der Waals surface area contributed by atoms with E-state index in [2.05, 4.69) is 19.6 Å². The van der Waals surface area contributed by atoms with Gasteiger partial charge >= 0.3 is 0 Å². The fourth-order valence-corrected chi connectivity index (χ4v) is 4.57. The number of anilines is 1. The number of piperidine rings is 1. The van der Waals surface area contributed by atoms with E-state index in [1.54, 1.807) is 12.1 Å². The highest BCUT2D eigenvalue weighted by Gasteiger charge is 2.17. The molecular formula is C21H24N4O2S. The highest BCUT2D eigenvalue weighted by molar-refractivity contribution is 7.89. The Morgan fingerprint density at radius 1 is 0.964 bits per heavy atom. The summed E-state index contributed by atoms with van der Waals surface area (Å²) in [5.41, 5.74) is 0.843. The van der Waals surface area contributed by atoms with Crippen LogP contribution >= 0.6 is 0 Å². The van der Waals surface area contributed by atoms with Crippen LogP contribution in [0.5, 0.6) is 0 Å². The number of aromatic nitrogens is 2. The van der Waals surface area contributed by atoms with E-state index in [1.165, 1.54) is 6.42 Å². The second kappa shape index (κ2) is 7.85. The molecule has 0 unspecified atom stereocenters. The maximum atomic E-state index is 12.7. The van der Waals surface area contributed by atoms with Crippen LogP contribution in [0.25, 0.3) is 10.8 Å². The molecule has 0 spiro atoms. The van der Waals surface area contributed by atoms with E-state index in [4.69, 9.17) is 0 Å². The molecular weight excluding hydrogens is 372 g/mol. The number of fused-ring (bicyclic) bond motifs is 1. The van der Waals surface area contributed by atoms with Crippen LogP contribution < -0.4 is 9.62 Å². The smallest absolute Gasteiger partial charge is 0.240 e. The Hall–Kier alpha value is -2.51. The van der Waals surface area contributed by atoms with Gasteiger partial charge in [-0.25, -0.2) is 23.1 Å². The van der Waals surface area contributed by atoms with Crippen LogP contribution in [0, 0.1) is 6.92 Å². The molecule has 2 heterocycles. The van der Waals surface area contributed by atoms with Crippen molar-refractivity contribution in [3.8, 4) is 0 Å². The summed E-state index contributed by atoms with van der Waals surface area (Å²) in [5, 5.41) is 1.90. The number of nitrogens with zero attached hydrogens (tertiary/aromatic N) is 3. The van der Waals surface area contributed by atoms with E-state index in [0.717, 1.165) is 48.2 Å². The molecule has 1 aliphatic heterocycles. The molecule has 1 N–H and O–H groups in total. The zero-order valence-corrected chi connectivity index (χ0v) is 16.7. The van der Waals surface area contributed by atoms with E-state index in [-0.39, 0.29) is 11.4 Å². The second-order valence-electron chi connectivity index (χ2n) is 7.16. The monoisotopic (exact) mass is 396 g/mol. The molecule has 1 fully saturated rings. The maximum absolute atomic E-state index is 12.7. The maximum Gasteiger partial charge on any atom is 0.240 e. The molecule has 0 amide bonds. The van der Waals surface area contributed by atoms with E-state index in [9.17, 15) is 8.42 Å². The third kappa shape index (κ3) is 4.15. The molecule has 1 aromatic heterocycles. The van der Waals surface area contributed by atoms with Crippen molar-refractivity contribution in [2.45, 2.75) is 37.6 Å². The van der Waals surface area contributed by atoms with Crippen LogP contribution in [0.15, 0.2) is 53.4 Å². The lowest BCUT2D eigenvalue weighted by atomic mass is 10.1. The molecule has 3 aromatic rings. The fraction of sp³-hybridized carbons (Fsp3) is 0.333. The second-order valence-corrected chi connectivity index (χ2v) is 8.93. The standard InChI is InChI=1S/C21H24N4O2S/c1-16-13-21(25-11-5-2-6-12-25)24-20(23-16)15-22-28(26,27)19-10-9-17-7-3-4-8-18(17)14-19/h3-4,7-10,13-14,22H,2,5-6,11-12,15H2,1H3. The van der Waals surface area contributed by atoms with Gasteiger partial charge in [0.25, 0.3) is 0 Å². The van der Waals surface area contributed by atoms with Crippen LogP contribution in [0.4, 0.5) is 5.82 Å². The molecule has 0 radical (unpaired) electrons. The number of rotatable bonds is 5. The lowest BCUT2D eigenvalue weighted by molar-refractivity contribution is 0.569. The first-order chi connectivity index (χ1) is 13.5. The topological polar surface area (TPSA) is 75.2 Å². The number of hydrogen-bond acceptors (Lipinski definition) is 5. The average molecular weight is 397 g/mol. The van der Waals surface area contributed by atoms with Gasteiger partial charge in [-0.3, -0.25) is 0 Å². The summed E-state index contributed by atoms with van der Waals surface area (Å²) in [6.07, 6.45) is 3.57. The van der Waals surface area contributed by atoms with Crippen molar-refractivity contribution in [1.82, 2.24) is 14.7 Å². The normalized spacial score (nSPS) is 15.1. The molecule has 0 aliphatic carbocycles. The Kier molecular flexibility index (Phi) is 5.28. The molecule has 146 valence electrons. The molecule has 6 nitrogen and oxygen atoms in total. The Balaban J connectivity index is 1.53. The Labute approximate surface area is 165 Å². The minimum Gasteiger partial charge on any atom is -0.357 e. The van der Waals surface area contributed by atoms with Crippen LogP contribution in [-0.4, -0.2) is 31.5 Å². The van der Waals surface area contributed by atoms with Crippen molar-refractivity contribution in [2.24, 2.45) is 0 Å². The average Bonchev–Trinajstić information content (AvgIpc) is 2.72. The summed E-state index contributed by atoms with van der Waals surface area (Å²) < 4.78 is 28.1. The Morgan fingerprint density at radius 2 is 1.71 bits per heavy atom. The molecule has 2 aromatic carbocycles. The third-order valence-corrected chi connectivity index (χ3v) is 6.42. The summed E-state index contributed by atoms with van der Waals surface area (Å²) in [6, 6.07) is 14.8. The minimum absolute atomic E-state index is 0.0671. The van der Waals surface area contributed by atoms with Crippen LogP contribution in [0.1, 0.15) is 30.8 Å². The van der Waals surface area contributed by atoms with Gasteiger partial charge in [0.2, 0.25) is 10.0 Å². The highest BCUT2D eigenvalue weighted by Crippen LogP contribution is 2.20. The van der Waals surface area contributed by atoms with Crippen molar-refractivity contribution >= 4 is 26.6 Å². The number of hydrogen-bond donors (Lipinski definition) is 1. The molecule has 7 heteroatoms. The fourth-order valence-electron chi connectivity index (χ4n) is 3.55. The van der Waals surface area contributed by atoms with Gasteiger partial charge in [-0.05, 0) is 49.1 Å². The molecule has 1 saturated heterocycles. The minimum atomic E-state index is -3.64. The van der Waals surface area contributed by atoms with Crippen molar-refractivity contribution in [2.75, 3.05) is 18.0 Å². The molecule has 4 rings (SSSR count). The summed E-state index contributed by atoms with van der Waals surface area (Å²) in [6.45, 7) is 3.95. The zero-order chi connectivity index (χ0) is 19.6. The first-order valence-electron chi connectivity index (χ1n) is 9.59. The largest absolute Gasteiger partial charge is 0.357 e. The number of benzene rings is 2. The van der Waals surface area contributed by atoms with Gasteiger partial charge in [0.1, 0.15) is 11.6 Å². The molecule has 28 heavy (non-hydrogen) atoms. The van der Waals surface area contributed by atoms with Gasteiger partial charge in [-0.2, -0.15) is 0 Å². The van der Waals surface area contributed by atoms with Gasteiger partial charge < -0.3 is 4.90 Å². The third-order valence-electron chi connectivity index (χ3n) is 5.02. The van der Waals surface area contributed by atoms with Gasteiger partial charge in [0, 0.05) is 24.8 Å². The SMILES string of the molecule is Cc1cc(N2CCCCC2)nc(CNS(=O)(=O)c2ccc3ccccc3c2)n1. The quantitative estimate of drug-likeness (QED) is 0.715. The van der Waals surface area contributed by atoms with Crippen LogP contribution in [0.2, 0.25) is 0 Å². The van der Waals surface area contributed by atoms with Gasteiger partial charge in [0.15, 0.2) is 0 Å². The summed E-state index contributed by atoms with van der Waals surface area (Å²) in [7, 11) is -3.64. The highest BCUT2D eigenvalue weighted by atomic mass is 32.2. The lowest BCUT2D eigenvalue weighted by Gasteiger charge is -2.28. The van der Waals surface area contributed by atoms with Crippen molar-refractivity contribution in [1.29, 1.82) is 0 Å². The van der Waals surface area contributed by atoms with Crippen molar-refractivity contribution in [3.63, 3.8) is 0 Å². The predicted octanol–water partition coefficient (Wildman–Crippen LogP) is 3.41. The summed E-state index contributed by atoms with van der Waals surface area (Å²) >= 11 is 0. The van der Waals surface area contributed by atoms with E-state index >= 15 is 0 Å². The number of sulfonamides is 1. The first-order valence-corrected chi connectivity index (χ1v) is 11.1. The number of aryl methyl sites for hydroxylation is 1. The van der Waals surface area contributed by atoms with Gasteiger partial charge in [-0.1, -0.05) is 30.3 Å².